The van der Waals surface area contributed by atoms with Gasteiger partial charge in [-0.3, -0.25) is 4.79 Å². The summed E-state index contributed by atoms with van der Waals surface area (Å²) in [5, 5.41) is 6.64. The van der Waals surface area contributed by atoms with Gasteiger partial charge >= 0.3 is 5.30 Å². The molecule has 0 aromatic heterocycles. The molecule has 0 rings (SSSR count). The Bertz CT molecular complexity index is 169. The number of thioether (sulfide) groups is 1. The Balaban J connectivity index is 4.12. The average molecular weight is 177 g/mol. The van der Waals surface area contributed by atoms with Crippen molar-refractivity contribution in [2.24, 2.45) is 11.7 Å². The molecule has 64 valence electrons. The third-order valence-electron chi connectivity index (χ3n) is 1.11. The predicted molar refractivity (Wildman–Crippen MR) is 43.4 cm³/mol. The van der Waals surface area contributed by atoms with Gasteiger partial charge in [0.05, 0.1) is 5.25 Å². The molecule has 0 spiro atoms. The molecule has 0 aliphatic heterocycles. The normalized spacial score (nSPS) is 13.0. The van der Waals surface area contributed by atoms with Crippen molar-refractivity contribution in [1.82, 2.24) is 0 Å². The molecule has 0 fully saturated rings. The first-order chi connectivity index (χ1) is 4.95. The van der Waals surface area contributed by atoms with Crippen molar-refractivity contribution >= 4 is 23.0 Å². The Morgan fingerprint density at radius 2 is 1.91 bits per heavy atom. The molecule has 0 bridgehead atoms. The minimum atomic E-state index is -1.07. The van der Waals surface area contributed by atoms with Crippen LogP contribution in [0.2, 0.25) is 0 Å². The number of carbonyl (C=O) groups is 2. The predicted octanol–water partition coefficient (Wildman–Crippen LogP) is 0.908. The van der Waals surface area contributed by atoms with Gasteiger partial charge in [-0.2, -0.15) is 0 Å². The number of amides is 1. The van der Waals surface area contributed by atoms with E-state index in [0.29, 0.717) is 11.8 Å². The number of hydrogen-bond donors (Lipinski definition) is 2. The van der Waals surface area contributed by atoms with Crippen LogP contribution in [0.25, 0.3) is 0 Å². The molecule has 0 aliphatic carbocycles. The standard InChI is InChI=1S/C6H11NO3S/c1-3(2)4(5(7)8)11-6(9)10/h3-4H,1-2H3,(H2,7,8)(H,9,10). The molecule has 1 amide bonds. The minimum Gasteiger partial charge on any atom is -0.473 e. The van der Waals surface area contributed by atoms with E-state index in [1.807, 2.05) is 0 Å². The van der Waals surface area contributed by atoms with Gasteiger partial charge in [-0.25, -0.2) is 4.79 Å². The third kappa shape index (κ3) is 3.87. The molecule has 0 aromatic carbocycles. The highest BCUT2D eigenvalue weighted by Gasteiger charge is 2.23. The molecule has 0 heterocycles. The fourth-order valence-corrected chi connectivity index (χ4v) is 1.24. The van der Waals surface area contributed by atoms with Gasteiger partial charge in [0, 0.05) is 0 Å². The van der Waals surface area contributed by atoms with E-state index in [0.717, 1.165) is 0 Å². The Morgan fingerprint density at radius 1 is 1.45 bits per heavy atom. The number of hydrogen-bond acceptors (Lipinski definition) is 3. The van der Waals surface area contributed by atoms with E-state index >= 15 is 0 Å². The number of primary amides is 1. The Hall–Kier alpha value is -0.710. The molecule has 1 unspecified atom stereocenters. The Labute approximate surface area is 69.1 Å². The maximum Gasteiger partial charge on any atom is 0.365 e. The van der Waals surface area contributed by atoms with Gasteiger partial charge in [0.15, 0.2) is 0 Å². The topological polar surface area (TPSA) is 80.4 Å². The van der Waals surface area contributed by atoms with Crippen molar-refractivity contribution < 1.29 is 14.7 Å². The Morgan fingerprint density at radius 3 is 2.00 bits per heavy atom. The summed E-state index contributed by atoms with van der Waals surface area (Å²) in [5.41, 5.74) is 4.96. The summed E-state index contributed by atoms with van der Waals surface area (Å²) in [7, 11) is 0. The van der Waals surface area contributed by atoms with Gasteiger partial charge in [-0.15, -0.1) is 0 Å². The van der Waals surface area contributed by atoms with E-state index in [1.165, 1.54) is 0 Å². The summed E-state index contributed by atoms with van der Waals surface area (Å²) in [6, 6.07) is 0. The second-order valence-corrected chi connectivity index (χ2v) is 3.54. The summed E-state index contributed by atoms with van der Waals surface area (Å²) in [5.74, 6) is -0.624. The van der Waals surface area contributed by atoms with Crippen LogP contribution in [0.15, 0.2) is 0 Å². The molecule has 0 saturated heterocycles. The lowest BCUT2D eigenvalue weighted by molar-refractivity contribution is -0.118. The summed E-state index contributed by atoms with van der Waals surface area (Å²) < 4.78 is 0. The molecule has 0 aliphatic rings. The van der Waals surface area contributed by atoms with Crippen molar-refractivity contribution in [3.8, 4) is 0 Å². The molecule has 11 heavy (non-hydrogen) atoms. The van der Waals surface area contributed by atoms with E-state index in [1.54, 1.807) is 13.8 Å². The number of carbonyl (C=O) groups excluding carboxylic acids is 1. The molecule has 1 atom stereocenters. The lowest BCUT2D eigenvalue weighted by Gasteiger charge is -2.12. The maximum atomic E-state index is 10.6. The highest BCUT2D eigenvalue weighted by molar-refractivity contribution is 8.14. The summed E-state index contributed by atoms with van der Waals surface area (Å²) in [6.45, 7) is 3.51. The molecular weight excluding hydrogens is 166 g/mol. The monoisotopic (exact) mass is 177 g/mol. The largest absolute Gasteiger partial charge is 0.473 e. The second kappa shape index (κ2) is 4.23. The maximum absolute atomic E-state index is 10.6. The van der Waals surface area contributed by atoms with Gasteiger partial charge in [-0.1, -0.05) is 13.8 Å². The van der Waals surface area contributed by atoms with Crippen LogP contribution in [0.5, 0.6) is 0 Å². The minimum absolute atomic E-state index is 0.0476. The smallest absolute Gasteiger partial charge is 0.365 e. The molecule has 5 heteroatoms. The number of nitrogens with two attached hydrogens (primary N) is 1. The van der Waals surface area contributed by atoms with E-state index < -0.39 is 16.5 Å². The van der Waals surface area contributed by atoms with E-state index in [-0.39, 0.29) is 5.92 Å². The molecule has 0 radical (unpaired) electrons. The highest BCUT2D eigenvalue weighted by Crippen LogP contribution is 2.19. The summed E-state index contributed by atoms with van der Waals surface area (Å²) in [4.78, 5) is 20.8. The van der Waals surface area contributed by atoms with E-state index in [4.69, 9.17) is 10.8 Å². The quantitative estimate of drug-likeness (QED) is 0.671. The van der Waals surface area contributed by atoms with Crippen LogP contribution in [0.3, 0.4) is 0 Å². The van der Waals surface area contributed by atoms with Crippen LogP contribution in [0.1, 0.15) is 13.8 Å². The van der Waals surface area contributed by atoms with Gasteiger partial charge < -0.3 is 10.8 Å². The van der Waals surface area contributed by atoms with Crippen molar-refractivity contribution in [3.05, 3.63) is 0 Å². The zero-order chi connectivity index (χ0) is 9.02. The van der Waals surface area contributed by atoms with E-state index in [2.05, 4.69) is 0 Å². The van der Waals surface area contributed by atoms with Crippen molar-refractivity contribution in [2.45, 2.75) is 19.1 Å². The van der Waals surface area contributed by atoms with Crippen molar-refractivity contribution in [2.75, 3.05) is 0 Å². The van der Waals surface area contributed by atoms with Crippen LogP contribution in [0.4, 0.5) is 4.79 Å². The second-order valence-electron chi connectivity index (χ2n) is 2.45. The van der Waals surface area contributed by atoms with Gasteiger partial charge in [-0.05, 0) is 17.7 Å². The summed E-state index contributed by atoms with van der Waals surface area (Å²) in [6.07, 6.45) is 0. The molecular formula is C6H11NO3S. The first kappa shape index (κ1) is 10.3. The average Bonchev–Trinajstić information content (AvgIpc) is 1.81. The fourth-order valence-electron chi connectivity index (χ4n) is 0.631. The molecule has 4 nitrogen and oxygen atoms in total. The molecule has 0 aromatic rings. The van der Waals surface area contributed by atoms with Crippen molar-refractivity contribution in [1.29, 1.82) is 0 Å². The van der Waals surface area contributed by atoms with Crippen LogP contribution in [0, 0.1) is 5.92 Å². The van der Waals surface area contributed by atoms with E-state index in [9.17, 15) is 9.59 Å². The SMILES string of the molecule is CC(C)C(SC(=O)O)C(N)=O. The number of rotatable bonds is 3. The van der Waals surface area contributed by atoms with Crippen molar-refractivity contribution in [3.63, 3.8) is 0 Å². The number of carboxylic acid groups (broad SMARTS) is 1. The van der Waals surface area contributed by atoms with Gasteiger partial charge in [0.25, 0.3) is 0 Å². The lowest BCUT2D eigenvalue weighted by atomic mass is 10.1. The van der Waals surface area contributed by atoms with Gasteiger partial charge in [0.2, 0.25) is 5.91 Å². The van der Waals surface area contributed by atoms with Crippen LogP contribution < -0.4 is 5.73 Å². The lowest BCUT2D eigenvalue weighted by Crippen LogP contribution is -2.31. The first-order valence-corrected chi connectivity index (χ1v) is 4.02. The Kier molecular flexibility index (Phi) is 3.95. The zero-order valence-electron chi connectivity index (χ0n) is 6.40. The van der Waals surface area contributed by atoms with Crippen LogP contribution in [-0.4, -0.2) is 21.6 Å². The van der Waals surface area contributed by atoms with Crippen LogP contribution in [-0.2, 0) is 4.79 Å². The van der Waals surface area contributed by atoms with Crippen LogP contribution >= 0.6 is 11.8 Å². The van der Waals surface area contributed by atoms with Gasteiger partial charge in [0.1, 0.15) is 0 Å². The third-order valence-corrected chi connectivity index (χ3v) is 2.35. The molecule has 0 saturated carbocycles. The fraction of sp³-hybridized carbons (Fsp3) is 0.667. The molecule has 3 N–H and O–H groups in total. The highest BCUT2D eigenvalue weighted by atomic mass is 32.2. The first-order valence-electron chi connectivity index (χ1n) is 3.14. The summed E-state index contributed by atoms with van der Waals surface area (Å²) >= 11 is 0.558. The zero-order valence-corrected chi connectivity index (χ0v) is 7.22.